The van der Waals surface area contributed by atoms with Gasteiger partial charge >= 0.3 is 0 Å². The maximum Gasteiger partial charge on any atom is 0.237 e. The highest BCUT2D eigenvalue weighted by Crippen LogP contribution is 2.32. The van der Waals surface area contributed by atoms with Gasteiger partial charge in [-0.3, -0.25) is 14.5 Å². The number of nitrogens with zero attached hydrogens (tertiary/aromatic N) is 2. The molecular formula is C26H30ClN5O2. The molecule has 0 spiro atoms. The summed E-state index contributed by atoms with van der Waals surface area (Å²) in [5, 5.41) is 5.89. The highest BCUT2D eigenvalue weighted by atomic mass is 35.5. The van der Waals surface area contributed by atoms with Crippen LogP contribution in [0.15, 0.2) is 48.5 Å². The first kappa shape index (κ1) is 24.0. The van der Waals surface area contributed by atoms with Crippen LogP contribution in [0.25, 0.3) is 10.8 Å². The molecule has 1 aliphatic heterocycles. The molecule has 1 aliphatic rings. The number of halogens is 1. The van der Waals surface area contributed by atoms with Gasteiger partial charge in [0.05, 0.1) is 12.1 Å². The third-order valence-electron chi connectivity index (χ3n) is 6.72. The second-order valence-corrected chi connectivity index (χ2v) is 9.52. The molecule has 5 N–H and O–H groups in total. The van der Waals surface area contributed by atoms with Crippen LogP contribution in [0.5, 0.6) is 0 Å². The Morgan fingerprint density at radius 2 is 1.97 bits per heavy atom. The minimum atomic E-state index is -0.499. The quantitative estimate of drug-likeness (QED) is 0.481. The number of nitrogen functional groups attached to an aromatic ring is 1. The third-order valence-corrected chi connectivity index (χ3v) is 6.94. The van der Waals surface area contributed by atoms with E-state index in [0.717, 1.165) is 34.0 Å². The second kappa shape index (κ2) is 9.99. The maximum absolute atomic E-state index is 13.0. The molecule has 1 fully saturated rings. The number of aromatic nitrogens is 1. The van der Waals surface area contributed by atoms with Gasteiger partial charge in [0.2, 0.25) is 11.8 Å². The van der Waals surface area contributed by atoms with Crippen LogP contribution in [-0.4, -0.2) is 40.3 Å². The minimum absolute atomic E-state index is 0.156. The molecule has 3 atom stereocenters. The predicted octanol–water partition coefficient (Wildman–Crippen LogP) is 3.20. The first-order valence-electron chi connectivity index (χ1n) is 11.4. The van der Waals surface area contributed by atoms with Crippen LogP contribution in [-0.2, 0) is 22.6 Å². The molecule has 0 radical (unpaired) electrons. The minimum Gasteiger partial charge on any atom is -0.384 e. The summed E-state index contributed by atoms with van der Waals surface area (Å²) in [6.45, 7) is 4.62. The molecule has 0 saturated carbocycles. The van der Waals surface area contributed by atoms with Gasteiger partial charge in [-0.15, -0.1) is 0 Å². The van der Waals surface area contributed by atoms with E-state index in [0.29, 0.717) is 30.4 Å². The van der Waals surface area contributed by atoms with Crippen molar-refractivity contribution >= 4 is 40.0 Å². The van der Waals surface area contributed by atoms with Crippen molar-refractivity contribution in [2.45, 2.75) is 45.3 Å². The largest absolute Gasteiger partial charge is 0.384 e. The summed E-state index contributed by atoms with van der Waals surface area (Å²) in [5.74, 6) is 0.0620. The number of pyridine rings is 1. The normalized spacial score (nSPS) is 19.3. The van der Waals surface area contributed by atoms with Crippen molar-refractivity contribution in [2.75, 3.05) is 12.3 Å². The molecule has 34 heavy (non-hydrogen) atoms. The van der Waals surface area contributed by atoms with Crippen molar-refractivity contribution in [3.05, 3.63) is 70.4 Å². The number of likely N-dealkylation sites (tertiary alicyclic amines) is 1. The SMILES string of the molecule is Cc1nc(N)ccc1CNC(=O)[C@H](C)N1CC(Cc2cc(Cl)cc3ccccc23)CC1C(N)=O. The molecule has 0 bridgehead atoms. The van der Waals surface area contributed by atoms with Crippen LogP contribution < -0.4 is 16.8 Å². The zero-order valence-electron chi connectivity index (χ0n) is 19.4. The fourth-order valence-electron chi connectivity index (χ4n) is 4.91. The van der Waals surface area contributed by atoms with Gasteiger partial charge in [0, 0.05) is 23.8 Å². The average molecular weight is 480 g/mol. The van der Waals surface area contributed by atoms with Gasteiger partial charge < -0.3 is 16.8 Å². The maximum atomic E-state index is 13.0. The van der Waals surface area contributed by atoms with E-state index in [4.69, 9.17) is 23.1 Å². The van der Waals surface area contributed by atoms with Crippen LogP contribution in [0.2, 0.25) is 5.02 Å². The number of aryl methyl sites for hydroxylation is 1. The lowest BCUT2D eigenvalue weighted by molar-refractivity contribution is -0.129. The number of rotatable bonds is 7. The lowest BCUT2D eigenvalue weighted by atomic mass is 9.93. The van der Waals surface area contributed by atoms with E-state index in [1.54, 1.807) is 6.07 Å². The Balaban J connectivity index is 1.46. The zero-order chi connectivity index (χ0) is 24.4. The summed E-state index contributed by atoms with van der Waals surface area (Å²) in [4.78, 5) is 31.4. The standard InChI is InChI=1S/C26H30ClN5O2/c1-15-19(7-8-24(28)31-15)13-30-26(34)16(2)32-14-17(10-23(32)25(29)33)9-20-12-21(27)11-18-5-3-4-6-22(18)20/h3-8,11-12,16-17,23H,9-10,13-14H2,1-2H3,(H2,28,31)(H2,29,33)(H,30,34)/t16-,17?,23?/m0/s1. The Kier molecular flexibility index (Phi) is 7.05. The molecular weight excluding hydrogens is 450 g/mol. The molecule has 0 aliphatic carbocycles. The second-order valence-electron chi connectivity index (χ2n) is 9.08. The number of amides is 2. The number of fused-ring (bicyclic) bond motifs is 1. The molecule has 7 nitrogen and oxygen atoms in total. The monoisotopic (exact) mass is 479 g/mol. The molecule has 1 saturated heterocycles. The van der Waals surface area contributed by atoms with Crippen molar-refractivity contribution in [3.8, 4) is 0 Å². The fraction of sp³-hybridized carbons (Fsp3) is 0.346. The number of anilines is 1. The van der Waals surface area contributed by atoms with Crippen LogP contribution in [0.4, 0.5) is 5.82 Å². The van der Waals surface area contributed by atoms with Crippen molar-refractivity contribution < 1.29 is 9.59 Å². The molecule has 2 heterocycles. The van der Waals surface area contributed by atoms with Crippen molar-refractivity contribution in [2.24, 2.45) is 11.7 Å². The summed E-state index contributed by atoms with van der Waals surface area (Å²) in [6.07, 6.45) is 1.36. The van der Waals surface area contributed by atoms with Gasteiger partial charge in [-0.25, -0.2) is 4.98 Å². The number of hydrogen-bond acceptors (Lipinski definition) is 5. The number of carbonyl (C=O) groups excluding carboxylic acids is 2. The van der Waals surface area contributed by atoms with E-state index >= 15 is 0 Å². The predicted molar refractivity (Wildman–Crippen MR) is 135 cm³/mol. The van der Waals surface area contributed by atoms with Gasteiger partial charge in [-0.05, 0) is 72.7 Å². The van der Waals surface area contributed by atoms with E-state index < -0.39 is 18.0 Å². The van der Waals surface area contributed by atoms with E-state index in [2.05, 4.69) is 16.4 Å². The molecule has 1 aromatic heterocycles. The molecule has 4 rings (SSSR count). The molecule has 3 aromatic rings. The highest BCUT2D eigenvalue weighted by molar-refractivity contribution is 6.31. The van der Waals surface area contributed by atoms with E-state index in [1.165, 1.54) is 0 Å². The number of nitrogens with one attached hydrogen (secondary N) is 1. The topological polar surface area (TPSA) is 114 Å². The number of benzene rings is 2. The first-order valence-corrected chi connectivity index (χ1v) is 11.8. The van der Waals surface area contributed by atoms with Gasteiger partial charge in [0.25, 0.3) is 0 Å². The van der Waals surface area contributed by atoms with Crippen molar-refractivity contribution in [3.63, 3.8) is 0 Å². The van der Waals surface area contributed by atoms with Gasteiger partial charge in [0.15, 0.2) is 0 Å². The number of nitrogens with two attached hydrogens (primary N) is 2. The molecule has 8 heteroatoms. The van der Waals surface area contributed by atoms with Crippen LogP contribution in [0.1, 0.15) is 30.2 Å². The Bertz CT molecular complexity index is 1230. The third kappa shape index (κ3) is 5.16. The fourth-order valence-corrected chi connectivity index (χ4v) is 5.16. The van der Waals surface area contributed by atoms with Gasteiger partial charge in [-0.1, -0.05) is 41.9 Å². The summed E-state index contributed by atoms with van der Waals surface area (Å²) >= 11 is 6.37. The number of carbonyl (C=O) groups is 2. The van der Waals surface area contributed by atoms with Crippen molar-refractivity contribution in [1.82, 2.24) is 15.2 Å². The first-order chi connectivity index (χ1) is 16.2. The molecule has 2 unspecified atom stereocenters. The molecule has 178 valence electrons. The lowest BCUT2D eigenvalue weighted by Gasteiger charge is -2.28. The Labute approximate surface area is 204 Å². The van der Waals surface area contributed by atoms with Gasteiger partial charge in [0.1, 0.15) is 5.82 Å². The van der Waals surface area contributed by atoms with Gasteiger partial charge in [-0.2, -0.15) is 0 Å². The van der Waals surface area contributed by atoms with E-state index in [-0.39, 0.29) is 11.8 Å². The van der Waals surface area contributed by atoms with Crippen LogP contribution >= 0.6 is 11.6 Å². The Morgan fingerprint density at radius 3 is 2.71 bits per heavy atom. The summed E-state index contributed by atoms with van der Waals surface area (Å²) in [7, 11) is 0. The van der Waals surface area contributed by atoms with E-state index in [9.17, 15) is 9.59 Å². The lowest BCUT2D eigenvalue weighted by Crippen LogP contribution is -2.51. The number of primary amides is 1. The Morgan fingerprint density at radius 1 is 1.21 bits per heavy atom. The van der Waals surface area contributed by atoms with Crippen LogP contribution in [0, 0.1) is 12.8 Å². The number of hydrogen-bond donors (Lipinski definition) is 3. The highest BCUT2D eigenvalue weighted by Gasteiger charge is 2.40. The summed E-state index contributed by atoms with van der Waals surface area (Å²) < 4.78 is 0. The summed E-state index contributed by atoms with van der Waals surface area (Å²) in [5.41, 5.74) is 14.3. The molecule has 2 aromatic carbocycles. The average Bonchev–Trinajstić information content (AvgIpc) is 3.22. The van der Waals surface area contributed by atoms with Crippen LogP contribution in [0.3, 0.4) is 0 Å². The summed E-state index contributed by atoms with van der Waals surface area (Å²) in [6, 6.07) is 14.7. The molecule has 2 amide bonds. The zero-order valence-corrected chi connectivity index (χ0v) is 20.2. The van der Waals surface area contributed by atoms with Crippen molar-refractivity contribution in [1.29, 1.82) is 0 Å². The smallest absolute Gasteiger partial charge is 0.237 e. The Hall–Kier alpha value is -3.16. The van der Waals surface area contributed by atoms with E-state index in [1.807, 2.05) is 55.1 Å².